The Hall–Kier alpha value is -0.650. The maximum absolute atomic E-state index is 13.1. The summed E-state index contributed by atoms with van der Waals surface area (Å²) in [6, 6.07) is 5.06. The van der Waals surface area contributed by atoms with E-state index in [1.165, 1.54) is 29.6 Å². The Morgan fingerprint density at radius 1 is 1.44 bits per heavy atom. The van der Waals surface area contributed by atoms with Crippen LogP contribution in [0.1, 0.15) is 12.8 Å². The Labute approximate surface area is 112 Å². The van der Waals surface area contributed by atoms with Crippen LogP contribution in [0.15, 0.2) is 29.2 Å². The summed E-state index contributed by atoms with van der Waals surface area (Å²) in [5.74, 6) is -0.241. The zero-order valence-electron chi connectivity index (χ0n) is 10.0. The summed E-state index contributed by atoms with van der Waals surface area (Å²) in [6.45, 7) is 0.433. The van der Waals surface area contributed by atoms with Crippen LogP contribution in [0.3, 0.4) is 0 Å². The molecule has 3 nitrogen and oxygen atoms in total. The van der Waals surface area contributed by atoms with Crippen LogP contribution < -0.4 is 0 Å². The third kappa shape index (κ3) is 2.84. The predicted octanol–water partition coefficient (Wildman–Crippen LogP) is 2.46. The smallest absolute Gasteiger partial charge is 0.207 e. The molecule has 0 radical (unpaired) electrons. The third-order valence-corrected chi connectivity index (χ3v) is 5.37. The molecular weight excluding hydrogens is 277 g/mol. The number of sulfonamides is 1. The van der Waals surface area contributed by atoms with Crippen LogP contribution in [-0.2, 0) is 10.0 Å². The van der Waals surface area contributed by atoms with Crippen LogP contribution in [0.2, 0.25) is 0 Å². The summed E-state index contributed by atoms with van der Waals surface area (Å²) in [4.78, 5) is -0.00764. The lowest BCUT2D eigenvalue weighted by atomic mass is 9.85. The van der Waals surface area contributed by atoms with Gasteiger partial charge in [0.05, 0.1) is 4.90 Å². The fraction of sp³-hybridized carbons (Fsp3) is 0.500. The second kappa shape index (κ2) is 5.15. The van der Waals surface area contributed by atoms with Gasteiger partial charge in [0.15, 0.2) is 0 Å². The lowest BCUT2D eigenvalue weighted by molar-refractivity contribution is 0.268. The van der Waals surface area contributed by atoms with Crippen LogP contribution in [-0.4, -0.2) is 31.7 Å². The highest BCUT2D eigenvalue weighted by atomic mass is 35.5. The first-order chi connectivity index (χ1) is 8.39. The quantitative estimate of drug-likeness (QED) is 0.799. The minimum Gasteiger partial charge on any atom is -0.207 e. The Kier molecular flexibility index (Phi) is 3.94. The van der Waals surface area contributed by atoms with E-state index in [0.717, 1.165) is 18.9 Å². The maximum Gasteiger partial charge on any atom is 0.242 e. The molecular formula is C12H15ClFNO2S. The Balaban J connectivity index is 2.10. The average molecular weight is 292 g/mol. The van der Waals surface area contributed by atoms with Gasteiger partial charge in [0.25, 0.3) is 0 Å². The molecule has 0 saturated heterocycles. The molecule has 0 unspecified atom stereocenters. The van der Waals surface area contributed by atoms with Crippen molar-refractivity contribution in [2.45, 2.75) is 23.1 Å². The molecule has 0 atom stereocenters. The van der Waals surface area contributed by atoms with Crippen LogP contribution in [0.25, 0.3) is 0 Å². The summed E-state index contributed by atoms with van der Waals surface area (Å²) < 4.78 is 38.7. The van der Waals surface area contributed by atoms with Gasteiger partial charge in [-0.15, -0.1) is 11.6 Å². The number of alkyl halides is 1. The standard InChI is InChI=1S/C12H15ClFNO2S/c1-15(8-9-5-10(13)6-9)18(16,17)12-4-2-3-11(14)7-12/h2-4,7,9-10H,5-6,8H2,1H3. The molecule has 1 aliphatic rings. The topological polar surface area (TPSA) is 37.4 Å². The van der Waals surface area contributed by atoms with E-state index in [4.69, 9.17) is 11.6 Å². The van der Waals surface area contributed by atoms with Crippen molar-refractivity contribution in [1.82, 2.24) is 4.31 Å². The number of nitrogens with zero attached hydrogens (tertiary/aromatic N) is 1. The van der Waals surface area contributed by atoms with Crippen LogP contribution in [0.5, 0.6) is 0 Å². The fourth-order valence-corrected chi connectivity index (χ4v) is 3.86. The van der Waals surface area contributed by atoms with Crippen molar-refractivity contribution in [2.24, 2.45) is 5.92 Å². The normalized spacial score (nSPS) is 24.0. The van der Waals surface area contributed by atoms with Gasteiger partial charge >= 0.3 is 0 Å². The van der Waals surface area contributed by atoms with Crippen molar-refractivity contribution >= 4 is 21.6 Å². The van der Waals surface area contributed by atoms with E-state index in [1.54, 1.807) is 0 Å². The van der Waals surface area contributed by atoms with E-state index in [1.807, 2.05) is 0 Å². The first-order valence-corrected chi connectivity index (χ1v) is 7.63. The van der Waals surface area contributed by atoms with Gasteiger partial charge in [-0.25, -0.2) is 17.1 Å². The van der Waals surface area contributed by atoms with Crippen molar-refractivity contribution in [1.29, 1.82) is 0 Å². The molecule has 0 aliphatic heterocycles. The Morgan fingerprint density at radius 3 is 2.67 bits per heavy atom. The molecule has 1 aromatic carbocycles. The number of rotatable bonds is 4. The highest BCUT2D eigenvalue weighted by Crippen LogP contribution is 2.33. The molecule has 0 bridgehead atoms. The van der Waals surface area contributed by atoms with Gasteiger partial charge in [-0.1, -0.05) is 6.07 Å². The van der Waals surface area contributed by atoms with Crippen molar-refractivity contribution in [3.8, 4) is 0 Å². The van der Waals surface area contributed by atoms with Crippen LogP contribution >= 0.6 is 11.6 Å². The molecule has 1 aliphatic carbocycles. The van der Waals surface area contributed by atoms with E-state index in [2.05, 4.69) is 0 Å². The monoisotopic (exact) mass is 291 g/mol. The first-order valence-electron chi connectivity index (χ1n) is 5.75. The predicted molar refractivity (Wildman–Crippen MR) is 68.6 cm³/mol. The Morgan fingerprint density at radius 2 is 2.11 bits per heavy atom. The van der Waals surface area contributed by atoms with E-state index < -0.39 is 15.8 Å². The molecule has 0 N–H and O–H groups in total. The van der Waals surface area contributed by atoms with Gasteiger partial charge in [-0.05, 0) is 37.0 Å². The van der Waals surface area contributed by atoms with Crippen LogP contribution in [0, 0.1) is 11.7 Å². The lowest BCUT2D eigenvalue weighted by Gasteiger charge is -2.33. The zero-order chi connectivity index (χ0) is 13.3. The molecule has 2 rings (SSSR count). The molecule has 6 heteroatoms. The van der Waals surface area contributed by atoms with Gasteiger partial charge in [0, 0.05) is 19.0 Å². The highest BCUT2D eigenvalue weighted by Gasteiger charge is 2.31. The maximum atomic E-state index is 13.1. The van der Waals surface area contributed by atoms with Crippen molar-refractivity contribution in [3.63, 3.8) is 0 Å². The van der Waals surface area contributed by atoms with E-state index >= 15 is 0 Å². The summed E-state index contributed by atoms with van der Waals surface area (Å²) >= 11 is 5.86. The first kappa shape index (κ1) is 13.8. The van der Waals surface area contributed by atoms with Crippen LogP contribution in [0.4, 0.5) is 4.39 Å². The molecule has 1 aromatic rings. The minimum atomic E-state index is -3.60. The largest absolute Gasteiger partial charge is 0.242 e. The summed E-state index contributed by atoms with van der Waals surface area (Å²) in [5.41, 5.74) is 0. The van der Waals surface area contributed by atoms with E-state index in [-0.39, 0.29) is 10.3 Å². The third-order valence-electron chi connectivity index (χ3n) is 3.20. The zero-order valence-corrected chi connectivity index (χ0v) is 11.6. The average Bonchev–Trinajstić information content (AvgIpc) is 2.26. The molecule has 18 heavy (non-hydrogen) atoms. The highest BCUT2D eigenvalue weighted by molar-refractivity contribution is 7.89. The number of halogens is 2. The van der Waals surface area contributed by atoms with Gasteiger partial charge in [-0.2, -0.15) is 0 Å². The van der Waals surface area contributed by atoms with Gasteiger partial charge < -0.3 is 0 Å². The second-order valence-electron chi connectivity index (χ2n) is 4.68. The summed E-state index contributed by atoms with van der Waals surface area (Å²) in [7, 11) is -2.08. The molecule has 1 fully saturated rings. The van der Waals surface area contributed by atoms with Gasteiger partial charge in [0.1, 0.15) is 5.82 Å². The fourth-order valence-electron chi connectivity index (χ4n) is 2.07. The molecule has 100 valence electrons. The minimum absolute atomic E-state index is 0.00764. The number of hydrogen-bond donors (Lipinski definition) is 0. The van der Waals surface area contributed by atoms with E-state index in [9.17, 15) is 12.8 Å². The van der Waals surface area contributed by atoms with Crippen molar-refractivity contribution in [2.75, 3.05) is 13.6 Å². The van der Waals surface area contributed by atoms with Gasteiger partial charge in [-0.3, -0.25) is 0 Å². The number of hydrogen-bond acceptors (Lipinski definition) is 2. The molecule has 0 spiro atoms. The van der Waals surface area contributed by atoms with Crippen molar-refractivity contribution < 1.29 is 12.8 Å². The van der Waals surface area contributed by atoms with Crippen molar-refractivity contribution in [3.05, 3.63) is 30.1 Å². The lowest BCUT2D eigenvalue weighted by Crippen LogP contribution is -2.37. The SMILES string of the molecule is CN(CC1CC(Cl)C1)S(=O)(=O)c1cccc(F)c1. The second-order valence-corrected chi connectivity index (χ2v) is 7.34. The molecule has 1 saturated carbocycles. The Bertz CT molecular complexity index is 529. The molecule has 0 aromatic heterocycles. The van der Waals surface area contributed by atoms with Gasteiger partial charge in [0.2, 0.25) is 10.0 Å². The summed E-state index contributed by atoms with van der Waals surface area (Å²) in [5, 5.41) is 0.167. The van der Waals surface area contributed by atoms with E-state index in [0.29, 0.717) is 12.5 Å². The molecule has 0 amide bonds. The summed E-state index contributed by atoms with van der Waals surface area (Å²) in [6.07, 6.45) is 1.68. The number of benzene rings is 1. The molecule has 0 heterocycles.